The van der Waals surface area contributed by atoms with Gasteiger partial charge in [0.1, 0.15) is 0 Å². The molecule has 0 bridgehead atoms. The molecule has 1 aliphatic rings. The lowest BCUT2D eigenvalue weighted by molar-refractivity contribution is 0.602. The van der Waals surface area contributed by atoms with Crippen molar-refractivity contribution in [2.45, 2.75) is 23.8 Å². The average molecular weight is 563 g/mol. The topological polar surface area (TPSA) is 73.8 Å². The SMILES string of the molecule is CN=C(NCCc1ccc(S(C)(=O)=O)cc1)NC1CCN(c2cccc(Cl)c2)C1.I. The minimum atomic E-state index is -3.15. The summed E-state index contributed by atoms with van der Waals surface area (Å²) in [6.07, 6.45) is 3.03. The van der Waals surface area contributed by atoms with E-state index in [1.54, 1.807) is 19.2 Å². The van der Waals surface area contributed by atoms with Gasteiger partial charge in [-0.3, -0.25) is 4.99 Å². The zero-order chi connectivity index (χ0) is 20.9. The number of sulfone groups is 1. The first kappa shape index (κ1) is 24.7. The van der Waals surface area contributed by atoms with Gasteiger partial charge < -0.3 is 15.5 Å². The van der Waals surface area contributed by atoms with Crippen LogP contribution in [0.5, 0.6) is 0 Å². The van der Waals surface area contributed by atoms with E-state index >= 15 is 0 Å². The van der Waals surface area contributed by atoms with Crippen molar-refractivity contribution in [3.05, 3.63) is 59.1 Å². The minimum Gasteiger partial charge on any atom is -0.369 e. The Kier molecular flexibility index (Phi) is 9.24. The summed E-state index contributed by atoms with van der Waals surface area (Å²) in [6.45, 7) is 2.58. The molecule has 0 spiro atoms. The fraction of sp³-hybridized carbons (Fsp3) is 0.381. The lowest BCUT2D eigenvalue weighted by Crippen LogP contribution is -2.45. The molecule has 1 aliphatic heterocycles. The van der Waals surface area contributed by atoms with Gasteiger partial charge in [-0.1, -0.05) is 29.8 Å². The largest absolute Gasteiger partial charge is 0.369 e. The molecule has 1 atom stereocenters. The van der Waals surface area contributed by atoms with Gasteiger partial charge in [-0.05, 0) is 48.7 Å². The number of halogens is 2. The lowest BCUT2D eigenvalue weighted by atomic mass is 10.1. The van der Waals surface area contributed by atoms with Gasteiger partial charge in [-0.2, -0.15) is 0 Å². The smallest absolute Gasteiger partial charge is 0.191 e. The van der Waals surface area contributed by atoms with Crippen LogP contribution in [-0.4, -0.2) is 53.4 Å². The number of benzene rings is 2. The Balaban J connectivity index is 0.00000320. The van der Waals surface area contributed by atoms with Gasteiger partial charge in [0.2, 0.25) is 0 Å². The Hall–Kier alpha value is -1.52. The summed E-state index contributed by atoms with van der Waals surface area (Å²) in [5, 5.41) is 7.57. The van der Waals surface area contributed by atoms with E-state index in [4.69, 9.17) is 11.6 Å². The summed E-state index contributed by atoms with van der Waals surface area (Å²) < 4.78 is 23.1. The van der Waals surface area contributed by atoms with Gasteiger partial charge in [-0.15, -0.1) is 24.0 Å². The molecule has 1 saturated heterocycles. The molecule has 1 heterocycles. The Morgan fingerprint density at radius 3 is 2.60 bits per heavy atom. The quantitative estimate of drug-likeness (QED) is 0.321. The summed E-state index contributed by atoms with van der Waals surface area (Å²) in [5.74, 6) is 0.774. The van der Waals surface area contributed by atoms with E-state index in [9.17, 15) is 8.42 Å². The number of rotatable bonds is 6. The van der Waals surface area contributed by atoms with Crippen molar-refractivity contribution in [2.75, 3.05) is 37.8 Å². The van der Waals surface area contributed by atoms with Gasteiger partial charge in [-0.25, -0.2) is 8.42 Å². The third-order valence-electron chi connectivity index (χ3n) is 4.98. The standard InChI is InChI=1S/C21H27ClN4O2S.HI/c1-23-21(24-12-10-16-6-8-20(9-7-16)29(2,27)28)25-18-11-13-26(15-18)19-5-3-4-17(22)14-19;/h3-9,14,18H,10-13,15H2,1-2H3,(H2,23,24,25);1H. The summed E-state index contributed by atoms with van der Waals surface area (Å²) in [5.41, 5.74) is 2.22. The summed E-state index contributed by atoms with van der Waals surface area (Å²) in [6, 6.07) is 15.3. The predicted molar refractivity (Wildman–Crippen MR) is 135 cm³/mol. The Labute approximate surface area is 201 Å². The monoisotopic (exact) mass is 562 g/mol. The Bertz CT molecular complexity index is 967. The van der Waals surface area contributed by atoms with E-state index in [-0.39, 0.29) is 24.0 Å². The molecule has 1 unspecified atom stereocenters. The predicted octanol–water partition coefficient (Wildman–Crippen LogP) is 3.35. The third-order valence-corrected chi connectivity index (χ3v) is 6.35. The molecule has 2 aromatic rings. The molecular weight excluding hydrogens is 535 g/mol. The number of hydrogen-bond acceptors (Lipinski definition) is 4. The Morgan fingerprint density at radius 1 is 1.23 bits per heavy atom. The van der Waals surface area contributed by atoms with Crippen LogP contribution in [0, 0.1) is 0 Å². The van der Waals surface area contributed by atoms with Gasteiger partial charge in [0, 0.05) is 49.7 Å². The van der Waals surface area contributed by atoms with Gasteiger partial charge >= 0.3 is 0 Å². The van der Waals surface area contributed by atoms with Crippen molar-refractivity contribution in [2.24, 2.45) is 4.99 Å². The highest BCUT2D eigenvalue weighted by atomic mass is 127. The second-order valence-electron chi connectivity index (χ2n) is 7.22. The molecule has 3 rings (SSSR count). The number of hydrogen-bond donors (Lipinski definition) is 2. The van der Waals surface area contributed by atoms with E-state index in [1.165, 1.54) is 6.26 Å². The maximum atomic E-state index is 11.5. The molecule has 164 valence electrons. The van der Waals surface area contributed by atoms with E-state index < -0.39 is 9.84 Å². The third kappa shape index (κ3) is 7.02. The van der Waals surface area contributed by atoms with Crippen molar-refractivity contribution in [1.82, 2.24) is 10.6 Å². The number of nitrogens with one attached hydrogen (secondary N) is 2. The van der Waals surface area contributed by atoms with E-state index in [0.29, 0.717) is 17.5 Å². The van der Waals surface area contributed by atoms with Crippen LogP contribution in [0.25, 0.3) is 0 Å². The minimum absolute atomic E-state index is 0. The molecule has 2 aromatic carbocycles. The fourth-order valence-corrected chi connectivity index (χ4v) is 4.22. The zero-order valence-corrected chi connectivity index (χ0v) is 21.0. The number of anilines is 1. The number of guanidine groups is 1. The van der Waals surface area contributed by atoms with E-state index in [1.807, 2.05) is 30.3 Å². The van der Waals surface area contributed by atoms with Crippen LogP contribution >= 0.6 is 35.6 Å². The molecule has 0 amide bonds. The first-order valence-electron chi connectivity index (χ1n) is 9.62. The highest BCUT2D eigenvalue weighted by Gasteiger charge is 2.23. The van der Waals surface area contributed by atoms with Crippen LogP contribution in [0.3, 0.4) is 0 Å². The maximum Gasteiger partial charge on any atom is 0.191 e. The molecule has 0 aromatic heterocycles. The summed E-state index contributed by atoms with van der Waals surface area (Å²) in [4.78, 5) is 6.98. The number of nitrogens with zero attached hydrogens (tertiary/aromatic N) is 2. The second kappa shape index (κ2) is 11.2. The first-order chi connectivity index (χ1) is 13.8. The molecule has 0 aliphatic carbocycles. The van der Waals surface area contributed by atoms with Crippen molar-refractivity contribution in [3.8, 4) is 0 Å². The molecule has 30 heavy (non-hydrogen) atoms. The van der Waals surface area contributed by atoms with E-state index in [2.05, 4.69) is 26.6 Å². The first-order valence-corrected chi connectivity index (χ1v) is 11.9. The van der Waals surface area contributed by atoms with Crippen molar-refractivity contribution >= 4 is 57.1 Å². The molecule has 2 N–H and O–H groups in total. The average Bonchev–Trinajstić information content (AvgIpc) is 3.15. The van der Waals surface area contributed by atoms with Gasteiger partial charge in [0.15, 0.2) is 15.8 Å². The van der Waals surface area contributed by atoms with Crippen LogP contribution in [0.15, 0.2) is 58.4 Å². The normalized spacial score (nSPS) is 16.8. The molecular formula is C21H28ClIN4O2S. The summed E-state index contributed by atoms with van der Waals surface area (Å²) >= 11 is 6.10. The highest BCUT2D eigenvalue weighted by Crippen LogP contribution is 2.23. The van der Waals surface area contributed by atoms with Crippen molar-refractivity contribution < 1.29 is 8.42 Å². The molecule has 0 saturated carbocycles. The van der Waals surface area contributed by atoms with Crippen LogP contribution in [-0.2, 0) is 16.3 Å². The zero-order valence-electron chi connectivity index (χ0n) is 17.1. The van der Waals surface area contributed by atoms with Gasteiger partial charge in [0.25, 0.3) is 0 Å². The number of aliphatic imine (C=N–C) groups is 1. The van der Waals surface area contributed by atoms with Crippen LogP contribution in [0.2, 0.25) is 5.02 Å². The molecule has 6 nitrogen and oxygen atoms in total. The van der Waals surface area contributed by atoms with E-state index in [0.717, 1.165) is 48.2 Å². The second-order valence-corrected chi connectivity index (χ2v) is 9.67. The van der Waals surface area contributed by atoms with Gasteiger partial charge in [0.05, 0.1) is 4.90 Å². The lowest BCUT2D eigenvalue weighted by Gasteiger charge is -2.20. The van der Waals surface area contributed by atoms with Crippen LogP contribution in [0.1, 0.15) is 12.0 Å². The molecule has 9 heteroatoms. The van der Waals surface area contributed by atoms with Crippen LogP contribution in [0.4, 0.5) is 5.69 Å². The maximum absolute atomic E-state index is 11.5. The van der Waals surface area contributed by atoms with Crippen molar-refractivity contribution in [3.63, 3.8) is 0 Å². The molecule has 1 fully saturated rings. The Morgan fingerprint density at radius 2 is 1.97 bits per heavy atom. The van der Waals surface area contributed by atoms with Crippen LogP contribution < -0.4 is 15.5 Å². The summed E-state index contributed by atoms with van der Waals surface area (Å²) in [7, 11) is -1.39. The molecule has 0 radical (unpaired) electrons. The highest BCUT2D eigenvalue weighted by molar-refractivity contribution is 14.0. The fourth-order valence-electron chi connectivity index (χ4n) is 3.40. The van der Waals surface area contributed by atoms with Crippen molar-refractivity contribution in [1.29, 1.82) is 0 Å².